The summed E-state index contributed by atoms with van der Waals surface area (Å²) in [6.45, 7) is 4.45. The number of nitrogen functional groups attached to an aromatic ring is 1. The van der Waals surface area contributed by atoms with Crippen molar-refractivity contribution in [1.82, 2.24) is 4.90 Å². The van der Waals surface area contributed by atoms with Crippen molar-refractivity contribution in [2.75, 3.05) is 31.1 Å². The monoisotopic (exact) mass is 418 g/mol. The number of amidine groups is 1. The van der Waals surface area contributed by atoms with Crippen LogP contribution < -0.4 is 10.6 Å². The summed E-state index contributed by atoms with van der Waals surface area (Å²) in [4.78, 5) is 18.1. The summed E-state index contributed by atoms with van der Waals surface area (Å²) in [5.74, 6) is -0.0194. The molecule has 164 valence electrons. The molecular weight excluding hydrogens is 384 g/mol. The van der Waals surface area contributed by atoms with Crippen molar-refractivity contribution in [2.45, 2.75) is 50.9 Å². The van der Waals surface area contributed by atoms with Crippen LogP contribution in [0.1, 0.15) is 61.1 Å². The van der Waals surface area contributed by atoms with E-state index in [1.165, 1.54) is 50.9 Å². The van der Waals surface area contributed by atoms with E-state index in [9.17, 15) is 4.79 Å². The zero-order chi connectivity index (χ0) is 21.6. The van der Waals surface area contributed by atoms with Gasteiger partial charge in [-0.3, -0.25) is 10.2 Å². The summed E-state index contributed by atoms with van der Waals surface area (Å²) in [5.41, 5.74) is 9.58. The van der Waals surface area contributed by atoms with E-state index in [0.717, 1.165) is 30.6 Å². The van der Waals surface area contributed by atoms with Crippen LogP contribution in [0.15, 0.2) is 48.5 Å². The van der Waals surface area contributed by atoms with Gasteiger partial charge in [0.05, 0.1) is 5.92 Å². The molecule has 3 N–H and O–H groups in total. The van der Waals surface area contributed by atoms with E-state index in [0.29, 0.717) is 12.0 Å². The number of nitrogens with zero attached hydrogens (tertiary/aromatic N) is 2. The number of unbranched alkanes of at least 4 members (excludes halogenated alkanes) is 2. The highest BCUT2D eigenvalue weighted by Crippen LogP contribution is 2.36. The SMILES string of the molecule is N=C(N)c1cccc(C2Cc3ccccc3N(CCCCCN3CCCCC3)C2=O)c1. The molecule has 5 heteroatoms. The molecule has 0 bridgehead atoms. The van der Waals surface area contributed by atoms with E-state index in [1.807, 2.05) is 35.2 Å². The lowest BCUT2D eigenvalue weighted by Crippen LogP contribution is -2.41. The Morgan fingerprint density at radius 2 is 1.74 bits per heavy atom. The standard InChI is InChI=1S/C26H34N4O/c27-25(28)22-12-9-11-20(18-22)23-19-21-10-3-4-13-24(21)30(26(23)31)17-8-2-7-16-29-14-5-1-6-15-29/h3-4,9-13,18,23H,1-2,5-8,14-17,19H2,(H3,27,28). The number of piperidine rings is 1. The second-order valence-electron chi connectivity index (χ2n) is 8.88. The maximum Gasteiger partial charge on any atom is 0.234 e. The minimum absolute atomic E-state index is 0.0380. The zero-order valence-corrected chi connectivity index (χ0v) is 18.4. The lowest BCUT2D eigenvalue weighted by molar-refractivity contribution is -0.120. The van der Waals surface area contributed by atoms with Gasteiger partial charge in [-0.2, -0.15) is 0 Å². The van der Waals surface area contributed by atoms with Gasteiger partial charge in [-0.1, -0.05) is 49.2 Å². The van der Waals surface area contributed by atoms with Crippen LogP contribution in [0.3, 0.4) is 0 Å². The first-order valence-electron chi connectivity index (χ1n) is 11.7. The molecule has 1 unspecified atom stereocenters. The average Bonchev–Trinajstić information content (AvgIpc) is 2.80. The average molecular weight is 419 g/mol. The van der Waals surface area contributed by atoms with Crippen LogP contribution in [0.5, 0.6) is 0 Å². The predicted octanol–water partition coefficient (Wildman–Crippen LogP) is 4.30. The van der Waals surface area contributed by atoms with Gasteiger partial charge in [0.15, 0.2) is 0 Å². The summed E-state index contributed by atoms with van der Waals surface area (Å²) in [5, 5.41) is 7.74. The van der Waals surface area contributed by atoms with Crippen LogP contribution in [-0.4, -0.2) is 42.8 Å². The minimum Gasteiger partial charge on any atom is -0.384 e. The number of carbonyl (C=O) groups is 1. The number of amides is 1. The van der Waals surface area contributed by atoms with Gasteiger partial charge < -0.3 is 15.5 Å². The Morgan fingerprint density at radius 3 is 2.55 bits per heavy atom. The van der Waals surface area contributed by atoms with Crippen LogP contribution in [0, 0.1) is 5.41 Å². The minimum atomic E-state index is -0.220. The summed E-state index contributed by atoms with van der Waals surface area (Å²) >= 11 is 0. The Labute approximate surface area is 185 Å². The van der Waals surface area contributed by atoms with Crippen LogP contribution in [0.4, 0.5) is 5.69 Å². The summed E-state index contributed by atoms with van der Waals surface area (Å²) in [7, 11) is 0. The topological polar surface area (TPSA) is 73.4 Å². The number of hydrogen-bond donors (Lipinski definition) is 2. The molecule has 5 nitrogen and oxygen atoms in total. The molecular formula is C26H34N4O. The van der Waals surface area contributed by atoms with Crippen molar-refractivity contribution >= 4 is 17.4 Å². The van der Waals surface area contributed by atoms with E-state index >= 15 is 0 Å². The maximum atomic E-state index is 13.5. The highest BCUT2D eigenvalue weighted by molar-refractivity contribution is 6.01. The number of rotatable bonds is 8. The molecule has 1 atom stereocenters. The number of fused-ring (bicyclic) bond motifs is 1. The molecule has 2 aromatic carbocycles. The number of para-hydroxylation sites is 1. The number of hydrogen-bond acceptors (Lipinski definition) is 3. The van der Waals surface area contributed by atoms with E-state index in [1.54, 1.807) is 0 Å². The van der Waals surface area contributed by atoms with Crippen molar-refractivity contribution in [3.8, 4) is 0 Å². The molecule has 2 aromatic rings. The van der Waals surface area contributed by atoms with Gasteiger partial charge in [-0.15, -0.1) is 0 Å². The van der Waals surface area contributed by atoms with Crippen molar-refractivity contribution in [1.29, 1.82) is 5.41 Å². The third kappa shape index (κ3) is 5.16. The Morgan fingerprint density at radius 1 is 0.968 bits per heavy atom. The van der Waals surface area contributed by atoms with E-state index in [4.69, 9.17) is 11.1 Å². The largest absolute Gasteiger partial charge is 0.384 e. The zero-order valence-electron chi connectivity index (χ0n) is 18.4. The van der Waals surface area contributed by atoms with Crippen LogP contribution in [-0.2, 0) is 11.2 Å². The smallest absolute Gasteiger partial charge is 0.234 e. The molecule has 1 saturated heterocycles. The Kier molecular flexibility index (Phi) is 7.03. The van der Waals surface area contributed by atoms with Crippen LogP contribution >= 0.6 is 0 Å². The molecule has 2 heterocycles. The first kappa shape index (κ1) is 21.6. The Bertz CT molecular complexity index is 919. The Hall–Kier alpha value is -2.66. The van der Waals surface area contributed by atoms with Gasteiger partial charge in [-0.25, -0.2) is 0 Å². The molecule has 0 spiro atoms. The fourth-order valence-electron chi connectivity index (χ4n) is 4.94. The predicted molar refractivity (Wildman–Crippen MR) is 127 cm³/mol. The molecule has 0 saturated carbocycles. The van der Waals surface area contributed by atoms with Gasteiger partial charge >= 0.3 is 0 Å². The fourth-order valence-corrected chi connectivity index (χ4v) is 4.94. The maximum absolute atomic E-state index is 13.5. The summed E-state index contributed by atoms with van der Waals surface area (Å²) in [6, 6.07) is 15.9. The van der Waals surface area contributed by atoms with Crippen molar-refractivity contribution in [3.05, 3.63) is 65.2 Å². The first-order chi connectivity index (χ1) is 15.1. The summed E-state index contributed by atoms with van der Waals surface area (Å²) < 4.78 is 0. The lowest BCUT2D eigenvalue weighted by Gasteiger charge is -2.35. The molecule has 2 aliphatic heterocycles. The highest BCUT2D eigenvalue weighted by atomic mass is 16.2. The first-order valence-corrected chi connectivity index (χ1v) is 11.7. The number of anilines is 1. The number of likely N-dealkylation sites (tertiary alicyclic amines) is 1. The third-order valence-corrected chi connectivity index (χ3v) is 6.68. The lowest BCUT2D eigenvalue weighted by atomic mass is 9.85. The normalized spacial score (nSPS) is 19.3. The fraction of sp³-hybridized carbons (Fsp3) is 0.462. The van der Waals surface area contributed by atoms with Crippen LogP contribution in [0.2, 0.25) is 0 Å². The highest BCUT2D eigenvalue weighted by Gasteiger charge is 2.33. The van der Waals surface area contributed by atoms with E-state index < -0.39 is 0 Å². The van der Waals surface area contributed by atoms with E-state index in [-0.39, 0.29) is 17.7 Å². The number of nitrogens with one attached hydrogen (secondary N) is 1. The van der Waals surface area contributed by atoms with Crippen molar-refractivity contribution in [3.63, 3.8) is 0 Å². The number of benzene rings is 2. The molecule has 4 rings (SSSR count). The molecule has 1 fully saturated rings. The van der Waals surface area contributed by atoms with Gasteiger partial charge in [0.1, 0.15) is 5.84 Å². The van der Waals surface area contributed by atoms with Gasteiger partial charge in [0, 0.05) is 17.8 Å². The van der Waals surface area contributed by atoms with Gasteiger partial charge in [0.25, 0.3) is 0 Å². The van der Waals surface area contributed by atoms with Crippen LogP contribution in [0.25, 0.3) is 0 Å². The van der Waals surface area contributed by atoms with Gasteiger partial charge in [0.2, 0.25) is 5.91 Å². The number of nitrogens with two attached hydrogens (primary N) is 1. The number of carbonyl (C=O) groups excluding carboxylic acids is 1. The van der Waals surface area contributed by atoms with Crippen molar-refractivity contribution < 1.29 is 4.79 Å². The molecule has 0 aliphatic carbocycles. The van der Waals surface area contributed by atoms with Crippen molar-refractivity contribution in [2.24, 2.45) is 5.73 Å². The molecule has 1 amide bonds. The Balaban J connectivity index is 1.43. The quantitative estimate of drug-likeness (QED) is 0.381. The third-order valence-electron chi connectivity index (χ3n) is 6.68. The molecule has 2 aliphatic rings. The second kappa shape index (κ2) is 10.1. The van der Waals surface area contributed by atoms with Gasteiger partial charge in [-0.05, 0) is 75.0 Å². The molecule has 31 heavy (non-hydrogen) atoms. The summed E-state index contributed by atoms with van der Waals surface area (Å²) in [6.07, 6.45) is 8.12. The molecule has 0 aromatic heterocycles. The second-order valence-corrected chi connectivity index (χ2v) is 8.88. The van der Waals surface area contributed by atoms with E-state index in [2.05, 4.69) is 23.1 Å². The molecule has 0 radical (unpaired) electrons.